The van der Waals surface area contributed by atoms with Crippen molar-refractivity contribution in [1.82, 2.24) is 9.88 Å². The Balaban J connectivity index is 1.71. The largest absolute Gasteiger partial charge is 0.381 e. The fourth-order valence-corrected chi connectivity index (χ4v) is 2.91. The Kier molecular flexibility index (Phi) is 3.94. The van der Waals surface area contributed by atoms with Crippen LogP contribution >= 0.6 is 11.6 Å². The van der Waals surface area contributed by atoms with E-state index in [4.69, 9.17) is 16.3 Å². The molecule has 0 saturated carbocycles. The molecule has 1 aromatic carbocycles. The maximum atomic E-state index is 12.1. The predicted octanol–water partition coefficient (Wildman–Crippen LogP) is 2.59. The number of carbonyl (C=O) groups is 1. The average Bonchev–Trinajstić information content (AvgIpc) is 2.84. The van der Waals surface area contributed by atoms with Gasteiger partial charge < -0.3 is 14.6 Å². The standard InChI is InChI=1S/C15H17ClN2O2/c16-13-3-1-2-11-4-7-18(15(11)13)10-14(19)17-12-5-8-20-9-6-12/h1-4,7,12H,5-6,8-10H2,(H,17,19). The monoisotopic (exact) mass is 292 g/mol. The van der Waals surface area contributed by atoms with Gasteiger partial charge >= 0.3 is 0 Å². The first-order chi connectivity index (χ1) is 9.74. The van der Waals surface area contributed by atoms with Crippen molar-refractivity contribution in [3.8, 4) is 0 Å². The summed E-state index contributed by atoms with van der Waals surface area (Å²) in [5, 5.41) is 4.78. The molecule has 20 heavy (non-hydrogen) atoms. The van der Waals surface area contributed by atoms with Gasteiger partial charge in [-0.05, 0) is 25.0 Å². The number of benzene rings is 1. The first-order valence-corrected chi connectivity index (χ1v) is 7.22. The van der Waals surface area contributed by atoms with E-state index in [1.807, 2.05) is 35.0 Å². The number of fused-ring (bicyclic) bond motifs is 1. The molecule has 106 valence electrons. The van der Waals surface area contributed by atoms with Gasteiger partial charge in [0.1, 0.15) is 6.54 Å². The number of amides is 1. The van der Waals surface area contributed by atoms with Crippen molar-refractivity contribution in [2.75, 3.05) is 13.2 Å². The van der Waals surface area contributed by atoms with E-state index in [1.165, 1.54) is 0 Å². The molecule has 2 aromatic rings. The van der Waals surface area contributed by atoms with Gasteiger partial charge in [0.05, 0.1) is 10.5 Å². The fraction of sp³-hybridized carbons (Fsp3) is 0.400. The SMILES string of the molecule is O=C(Cn1ccc2cccc(Cl)c21)NC1CCOCC1. The highest BCUT2D eigenvalue weighted by Gasteiger charge is 2.16. The zero-order valence-corrected chi connectivity index (χ0v) is 11.9. The number of carbonyl (C=O) groups excluding carboxylic acids is 1. The quantitative estimate of drug-likeness (QED) is 0.945. The van der Waals surface area contributed by atoms with Crippen LogP contribution in [0.15, 0.2) is 30.5 Å². The summed E-state index contributed by atoms with van der Waals surface area (Å²) in [7, 11) is 0. The predicted molar refractivity (Wildman–Crippen MR) is 78.9 cm³/mol. The van der Waals surface area contributed by atoms with E-state index in [0.717, 1.165) is 37.0 Å². The van der Waals surface area contributed by atoms with Crippen molar-refractivity contribution in [2.24, 2.45) is 0 Å². The minimum atomic E-state index is 0.0225. The Morgan fingerprint density at radius 1 is 1.35 bits per heavy atom. The van der Waals surface area contributed by atoms with Gasteiger partial charge in [-0.3, -0.25) is 4.79 Å². The summed E-state index contributed by atoms with van der Waals surface area (Å²) in [4.78, 5) is 12.1. The molecule has 0 atom stereocenters. The third-order valence-corrected chi connectivity index (χ3v) is 3.94. The minimum absolute atomic E-state index is 0.0225. The second kappa shape index (κ2) is 5.85. The highest BCUT2D eigenvalue weighted by molar-refractivity contribution is 6.35. The lowest BCUT2D eigenvalue weighted by molar-refractivity contribution is -0.122. The lowest BCUT2D eigenvalue weighted by Gasteiger charge is -2.23. The molecule has 2 heterocycles. The van der Waals surface area contributed by atoms with E-state index >= 15 is 0 Å². The van der Waals surface area contributed by atoms with Crippen LogP contribution in [-0.2, 0) is 16.1 Å². The third-order valence-electron chi connectivity index (χ3n) is 3.64. The van der Waals surface area contributed by atoms with Gasteiger partial charge in [0.2, 0.25) is 5.91 Å². The summed E-state index contributed by atoms with van der Waals surface area (Å²) >= 11 is 6.21. The Bertz CT molecular complexity index is 617. The molecule has 1 fully saturated rings. The van der Waals surface area contributed by atoms with Crippen molar-refractivity contribution in [1.29, 1.82) is 0 Å². The first-order valence-electron chi connectivity index (χ1n) is 6.84. The van der Waals surface area contributed by atoms with Gasteiger partial charge in [-0.1, -0.05) is 23.7 Å². The Hall–Kier alpha value is -1.52. The lowest BCUT2D eigenvalue weighted by atomic mass is 10.1. The van der Waals surface area contributed by atoms with E-state index in [9.17, 15) is 4.79 Å². The number of nitrogens with one attached hydrogen (secondary N) is 1. The second-order valence-corrected chi connectivity index (χ2v) is 5.48. The van der Waals surface area contributed by atoms with Crippen molar-refractivity contribution < 1.29 is 9.53 Å². The molecule has 1 amide bonds. The second-order valence-electron chi connectivity index (χ2n) is 5.08. The number of hydrogen-bond acceptors (Lipinski definition) is 2. The van der Waals surface area contributed by atoms with E-state index in [2.05, 4.69) is 5.32 Å². The van der Waals surface area contributed by atoms with E-state index < -0.39 is 0 Å². The van der Waals surface area contributed by atoms with Gasteiger partial charge in [-0.25, -0.2) is 0 Å². The van der Waals surface area contributed by atoms with Crippen LogP contribution in [0, 0.1) is 0 Å². The van der Waals surface area contributed by atoms with Crippen molar-refractivity contribution in [2.45, 2.75) is 25.4 Å². The maximum Gasteiger partial charge on any atom is 0.240 e. The zero-order valence-electron chi connectivity index (χ0n) is 11.1. The Morgan fingerprint density at radius 2 is 2.15 bits per heavy atom. The number of nitrogens with zero attached hydrogens (tertiary/aromatic N) is 1. The molecule has 4 nitrogen and oxygen atoms in total. The minimum Gasteiger partial charge on any atom is -0.381 e. The van der Waals surface area contributed by atoms with Crippen LogP contribution in [0.5, 0.6) is 0 Å². The van der Waals surface area contributed by atoms with Gasteiger partial charge in [0.15, 0.2) is 0 Å². The summed E-state index contributed by atoms with van der Waals surface area (Å²) in [6.07, 6.45) is 3.68. The summed E-state index contributed by atoms with van der Waals surface area (Å²) < 4.78 is 7.18. The molecule has 1 aliphatic rings. The number of rotatable bonds is 3. The van der Waals surface area contributed by atoms with Crippen molar-refractivity contribution >= 4 is 28.4 Å². The highest BCUT2D eigenvalue weighted by atomic mass is 35.5. The summed E-state index contributed by atoms with van der Waals surface area (Å²) in [6, 6.07) is 7.96. The van der Waals surface area contributed by atoms with Gasteiger partial charge in [0.25, 0.3) is 0 Å². The summed E-state index contributed by atoms with van der Waals surface area (Å²) in [5.41, 5.74) is 0.913. The molecule has 1 N–H and O–H groups in total. The molecule has 1 aromatic heterocycles. The smallest absolute Gasteiger partial charge is 0.240 e. The number of hydrogen-bond donors (Lipinski definition) is 1. The number of aromatic nitrogens is 1. The number of ether oxygens (including phenoxy) is 1. The van der Waals surface area contributed by atoms with Crippen LogP contribution in [0.1, 0.15) is 12.8 Å². The van der Waals surface area contributed by atoms with Gasteiger partial charge in [-0.2, -0.15) is 0 Å². The number of para-hydroxylation sites is 1. The number of halogens is 1. The molecular formula is C15H17ClN2O2. The molecule has 1 saturated heterocycles. The van der Waals surface area contributed by atoms with Crippen molar-refractivity contribution in [3.05, 3.63) is 35.5 Å². The van der Waals surface area contributed by atoms with Crippen LogP contribution < -0.4 is 5.32 Å². The molecular weight excluding hydrogens is 276 g/mol. The fourth-order valence-electron chi connectivity index (χ4n) is 2.62. The molecule has 5 heteroatoms. The van der Waals surface area contributed by atoms with E-state index in [-0.39, 0.29) is 11.9 Å². The van der Waals surface area contributed by atoms with Crippen LogP contribution in [0.25, 0.3) is 10.9 Å². The summed E-state index contributed by atoms with van der Waals surface area (Å²) in [6.45, 7) is 1.75. The van der Waals surface area contributed by atoms with Crippen molar-refractivity contribution in [3.63, 3.8) is 0 Å². The normalized spacial score (nSPS) is 16.4. The van der Waals surface area contributed by atoms with Gasteiger partial charge in [0, 0.05) is 30.8 Å². The Morgan fingerprint density at radius 3 is 2.95 bits per heavy atom. The van der Waals surface area contributed by atoms with E-state index in [1.54, 1.807) is 0 Å². The molecule has 3 rings (SSSR count). The van der Waals surface area contributed by atoms with Crippen LogP contribution in [0.2, 0.25) is 5.02 Å². The average molecular weight is 293 g/mol. The van der Waals surface area contributed by atoms with Crippen LogP contribution in [0.3, 0.4) is 0 Å². The highest BCUT2D eigenvalue weighted by Crippen LogP contribution is 2.24. The molecule has 0 spiro atoms. The lowest BCUT2D eigenvalue weighted by Crippen LogP contribution is -2.40. The molecule has 0 unspecified atom stereocenters. The molecule has 1 aliphatic heterocycles. The van der Waals surface area contributed by atoms with Gasteiger partial charge in [-0.15, -0.1) is 0 Å². The topological polar surface area (TPSA) is 43.3 Å². The molecule has 0 radical (unpaired) electrons. The van der Waals surface area contributed by atoms with Crippen LogP contribution in [-0.4, -0.2) is 29.7 Å². The third kappa shape index (κ3) is 2.81. The Labute approximate surface area is 122 Å². The zero-order chi connectivity index (χ0) is 13.9. The maximum absolute atomic E-state index is 12.1. The van der Waals surface area contributed by atoms with Crippen LogP contribution in [0.4, 0.5) is 0 Å². The molecule has 0 aliphatic carbocycles. The summed E-state index contributed by atoms with van der Waals surface area (Å²) in [5.74, 6) is 0.0225. The molecule has 0 bridgehead atoms. The first kappa shape index (κ1) is 13.5. The van der Waals surface area contributed by atoms with E-state index in [0.29, 0.717) is 11.6 Å².